The molecule has 56 heavy (non-hydrogen) atoms. The molecule has 5 aliphatic rings. The Labute approximate surface area is 345 Å². The zero-order valence-corrected chi connectivity index (χ0v) is 38.0. The van der Waals surface area contributed by atoms with Gasteiger partial charge in [-0.2, -0.15) is 0 Å². The van der Waals surface area contributed by atoms with Gasteiger partial charge in [0.1, 0.15) is 6.10 Å². The first-order valence-corrected chi connectivity index (χ1v) is 24.4. The number of carbonyl (C=O) groups is 1. The van der Waals surface area contributed by atoms with E-state index in [0.717, 1.165) is 37.5 Å². The molecule has 5 rings (SSSR count). The van der Waals surface area contributed by atoms with Gasteiger partial charge >= 0.3 is 5.97 Å². The van der Waals surface area contributed by atoms with Crippen molar-refractivity contribution in [2.45, 2.75) is 241 Å². The zero-order valence-electron chi connectivity index (χ0n) is 38.0. The van der Waals surface area contributed by atoms with Gasteiger partial charge in [-0.1, -0.05) is 151 Å². The molecule has 0 heterocycles. The molecular formula is C51H90O5. The third kappa shape index (κ3) is 9.66. The molecule has 324 valence electrons. The summed E-state index contributed by atoms with van der Waals surface area (Å²) in [5.74, 6) is 2.78. The van der Waals surface area contributed by atoms with Crippen LogP contribution in [0.1, 0.15) is 222 Å². The lowest BCUT2D eigenvalue weighted by atomic mass is 9.32. The third-order valence-electron chi connectivity index (χ3n) is 18.5. The monoisotopic (exact) mass is 783 g/mol. The second-order valence-electron chi connectivity index (χ2n) is 22.2. The van der Waals surface area contributed by atoms with Crippen LogP contribution in [0.15, 0.2) is 12.2 Å². The first kappa shape index (κ1) is 46.2. The van der Waals surface area contributed by atoms with Crippen LogP contribution >= 0.6 is 0 Å². The zero-order chi connectivity index (χ0) is 40.8. The quantitative estimate of drug-likeness (QED) is 0.0495. The Morgan fingerprint density at radius 3 is 1.86 bits per heavy atom. The fourth-order valence-corrected chi connectivity index (χ4v) is 14.9. The van der Waals surface area contributed by atoms with E-state index in [1.807, 2.05) is 0 Å². The van der Waals surface area contributed by atoms with E-state index in [0.29, 0.717) is 40.4 Å². The SMILES string of the molecule is C=C(C)[C@@H]1CC[C@]2(C)CC[C@]3(C)[C@H](CC[C@@H]4[C@@]5(C)CC[C@H](OC(=O)C(O)COC(O)CCCCCCCCCCCCCCCCC)C(C)(C)[C@@H]5CC[C@]43C)[C@@H]12. The molecular weight excluding hydrogens is 693 g/mol. The van der Waals surface area contributed by atoms with Gasteiger partial charge in [-0.25, -0.2) is 4.79 Å². The minimum Gasteiger partial charge on any atom is -0.460 e. The molecule has 5 aliphatic carbocycles. The van der Waals surface area contributed by atoms with E-state index in [9.17, 15) is 15.0 Å². The van der Waals surface area contributed by atoms with Crippen LogP contribution in [-0.4, -0.2) is 41.3 Å². The van der Waals surface area contributed by atoms with Crippen LogP contribution < -0.4 is 0 Å². The summed E-state index contributed by atoms with van der Waals surface area (Å²) in [6.07, 6.45) is 29.9. The first-order valence-electron chi connectivity index (χ1n) is 24.4. The molecule has 0 amide bonds. The number of hydrogen-bond acceptors (Lipinski definition) is 5. The number of fused-ring (bicyclic) bond motifs is 7. The minimum atomic E-state index is -1.38. The van der Waals surface area contributed by atoms with E-state index < -0.39 is 18.4 Å². The molecule has 0 spiro atoms. The van der Waals surface area contributed by atoms with E-state index in [1.165, 1.54) is 140 Å². The number of aliphatic hydroxyl groups excluding tert-OH is 2. The summed E-state index contributed by atoms with van der Waals surface area (Å²) < 4.78 is 11.7. The standard InChI is InChI=1S/C51H90O5/c1-10-11-12-13-14-15-16-17-18-19-20-21-22-23-24-25-44(53)55-36-40(52)46(54)56-43-30-32-49(7)41(47(43,4)5)29-33-51(9)42(49)27-26-39-45-38(37(2)3)28-31-48(45,6)34-35-50(39,51)8/h38-45,52-53H,2,10-36H2,1,3-9H3/t38-,39+,40?,41-,42+,43-,44?,45+,48+,49-,50+,51+/m0/s1. The normalized spacial score (nSPS) is 38.5. The summed E-state index contributed by atoms with van der Waals surface area (Å²) in [5.41, 5.74) is 2.57. The summed E-state index contributed by atoms with van der Waals surface area (Å²) in [6.45, 7) is 24.2. The van der Waals surface area contributed by atoms with Crippen molar-refractivity contribution in [2.75, 3.05) is 6.61 Å². The largest absolute Gasteiger partial charge is 0.460 e. The predicted molar refractivity (Wildman–Crippen MR) is 232 cm³/mol. The maximum atomic E-state index is 13.3. The molecule has 0 aromatic heterocycles. The molecule has 2 unspecified atom stereocenters. The predicted octanol–water partition coefficient (Wildman–Crippen LogP) is 13.5. The van der Waals surface area contributed by atoms with E-state index in [4.69, 9.17) is 9.47 Å². The molecule has 0 aromatic carbocycles. The maximum absolute atomic E-state index is 13.3. The van der Waals surface area contributed by atoms with Crippen molar-refractivity contribution in [3.05, 3.63) is 12.2 Å². The van der Waals surface area contributed by atoms with Crippen LogP contribution in [0.2, 0.25) is 0 Å². The number of unbranched alkanes of at least 4 members (excludes halogenated alkanes) is 14. The smallest absolute Gasteiger partial charge is 0.337 e. The molecule has 0 aromatic rings. The molecule has 12 atom stereocenters. The van der Waals surface area contributed by atoms with Gasteiger partial charge in [0, 0.05) is 5.41 Å². The van der Waals surface area contributed by atoms with Crippen molar-refractivity contribution in [1.29, 1.82) is 0 Å². The molecule has 5 saturated carbocycles. The van der Waals surface area contributed by atoms with Gasteiger partial charge in [0.2, 0.25) is 0 Å². The number of ether oxygens (including phenoxy) is 2. The summed E-state index contributed by atoms with van der Waals surface area (Å²) >= 11 is 0. The fraction of sp³-hybridized carbons (Fsp3) is 0.941. The fourth-order valence-electron chi connectivity index (χ4n) is 14.9. The van der Waals surface area contributed by atoms with Crippen molar-refractivity contribution >= 4 is 5.97 Å². The lowest BCUT2D eigenvalue weighted by molar-refractivity contribution is -0.250. The molecule has 0 radical (unpaired) electrons. The summed E-state index contributed by atoms with van der Waals surface area (Å²) in [7, 11) is 0. The van der Waals surface area contributed by atoms with Crippen LogP contribution in [0.25, 0.3) is 0 Å². The van der Waals surface area contributed by atoms with Gasteiger partial charge in [0.15, 0.2) is 12.4 Å². The van der Waals surface area contributed by atoms with Gasteiger partial charge in [0.05, 0.1) is 6.61 Å². The molecule has 0 aliphatic heterocycles. The average Bonchev–Trinajstić information content (AvgIpc) is 3.51. The number of esters is 1. The number of aliphatic hydroxyl groups is 2. The summed E-state index contributed by atoms with van der Waals surface area (Å²) in [5, 5.41) is 21.3. The van der Waals surface area contributed by atoms with Crippen LogP contribution in [0.3, 0.4) is 0 Å². The number of hydrogen-bond donors (Lipinski definition) is 2. The lowest BCUT2D eigenvalue weighted by Crippen LogP contribution is -2.66. The Hall–Kier alpha value is -0.910. The number of carbonyl (C=O) groups excluding carboxylic acids is 1. The Morgan fingerprint density at radius 1 is 0.679 bits per heavy atom. The van der Waals surface area contributed by atoms with Crippen molar-refractivity contribution in [2.24, 2.45) is 56.7 Å². The molecule has 0 bridgehead atoms. The van der Waals surface area contributed by atoms with Crippen LogP contribution in [-0.2, 0) is 14.3 Å². The van der Waals surface area contributed by atoms with Crippen molar-refractivity contribution < 1.29 is 24.5 Å². The Morgan fingerprint density at radius 2 is 1.27 bits per heavy atom. The van der Waals surface area contributed by atoms with E-state index in [2.05, 4.69) is 62.0 Å². The second-order valence-corrected chi connectivity index (χ2v) is 22.2. The van der Waals surface area contributed by atoms with Crippen LogP contribution in [0.5, 0.6) is 0 Å². The lowest BCUT2D eigenvalue weighted by Gasteiger charge is -2.73. The third-order valence-corrected chi connectivity index (χ3v) is 18.5. The Kier molecular flexibility index (Phi) is 16.2. The Bertz CT molecular complexity index is 1260. The Balaban J connectivity index is 1.02. The highest BCUT2D eigenvalue weighted by atomic mass is 16.6. The highest BCUT2D eigenvalue weighted by molar-refractivity contribution is 5.74. The van der Waals surface area contributed by atoms with Gasteiger partial charge in [0.25, 0.3) is 0 Å². The van der Waals surface area contributed by atoms with Crippen molar-refractivity contribution in [3.63, 3.8) is 0 Å². The summed E-state index contributed by atoms with van der Waals surface area (Å²) in [4.78, 5) is 13.3. The first-order chi connectivity index (χ1) is 26.5. The highest BCUT2D eigenvalue weighted by Crippen LogP contribution is 2.77. The molecule has 2 N–H and O–H groups in total. The average molecular weight is 783 g/mol. The van der Waals surface area contributed by atoms with Gasteiger partial charge in [-0.05, 0) is 135 Å². The number of allylic oxidation sites excluding steroid dienone is 1. The maximum Gasteiger partial charge on any atom is 0.337 e. The highest BCUT2D eigenvalue weighted by Gasteiger charge is 2.70. The van der Waals surface area contributed by atoms with Crippen molar-refractivity contribution in [1.82, 2.24) is 0 Å². The topological polar surface area (TPSA) is 76.0 Å². The molecule has 5 heteroatoms. The van der Waals surface area contributed by atoms with E-state index in [-0.39, 0.29) is 23.5 Å². The molecule has 5 nitrogen and oxygen atoms in total. The second kappa shape index (κ2) is 19.6. The van der Waals surface area contributed by atoms with E-state index in [1.54, 1.807) is 0 Å². The van der Waals surface area contributed by atoms with Crippen molar-refractivity contribution in [3.8, 4) is 0 Å². The van der Waals surface area contributed by atoms with Gasteiger partial charge in [-0.15, -0.1) is 0 Å². The van der Waals surface area contributed by atoms with Gasteiger partial charge < -0.3 is 19.7 Å². The van der Waals surface area contributed by atoms with Crippen LogP contribution in [0.4, 0.5) is 0 Å². The molecule has 5 fully saturated rings. The minimum absolute atomic E-state index is 0.184. The van der Waals surface area contributed by atoms with E-state index >= 15 is 0 Å². The van der Waals surface area contributed by atoms with Gasteiger partial charge in [-0.3, -0.25) is 0 Å². The summed E-state index contributed by atoms with van der Waals surface area (Å²) in [6, 6.07) is 0. The number of rotatable bonds is 22. The van der Waals surface area contributed by atoms with Crippen LogP contribution in [0, 0.1) is 56.7 Å². The molecule has 0 saturated heterocycles.